The van der Waals surface area contributed by atoms with Gasteiger partial charge in [0.2, 0.25) is 17.7 Å². The SMILES string of the molecule is CN[C@@H](C)C(=O)N[C@H]1CN(C(=O)CC(C)C)CC[C@H]2CC[C@@H](c3nc4c(C)cccc4[nH]3)N2C1=O. The summed E-state index contributed by atoms with van der Waals surface area (Å²) in [5, 5.41) is 5.85. The van der Waals surface area contributed by atoms with Crippen molar-refractivity contribution in [3.05, 3.63) is 29.6 Å². The molecule has 3 N–H and O–H groups in total. The molecule has 0 unspecified atom stereocenters. The number of nitrogens with zero attached hydrogens (tertiary/aromatic N) is 3. The number of hydrogen-bond donors (Lipinski definition) is 3. The molecule has 0 saturated carbocycles. The average molecular weight is 483 g/mol. The quantitative estimate of drug-likeness (QED) is 0.585. The molecule has 9 heteroatoms. The van der Waals surface area contributed by atoms with E-state index in [1.54, 1.807) is 18.9 Å². The zero-order valence-corrected chi connectivity index (χ0v) is 21.4. The van der Waals surface area contributed by atoms with Crippen molar-refractivity contribution in [2.24, 2.45) is 5.92 Å². The van der Waals surface area contributed by atoms with Crippen LogP contribution in [0.25, 0.3) is 11.0 Å². The minimum absolute atomic E-state index is 0.00224. The van der Waals surface area contributed by atoms with E-state index in [9.17, 15) is 14.4 Å². The van der Waals surface area contributed by atoms with Crippen LogP contribution in [0.2, 0.25) is 0 Å². The lowest BCUT2D eigenvalue weighted by Crippen LogP contribution is -2.60. The fourth-order valence-electron chi connectivity index (χ4n) is 5.24. The Morgan fingerprint density at radius 2 is 1.97 bits per heavy atom. The van der Waals surface area contributed by atoms with Crippen molar-refractivity contribution in [2.75, 3.05) is 20.1 Å². The van der Waals surface area contributed by atoms with E-state index >= 15 is 0 Å². The van der Waals surface area contributed by atoms with Crippen molar-refractivity contribution in [1.82, 2.24) is 30.4 Å². The lowest BCUT2D eigenvalue weighted by Gasteiger charge is -2.39. The Morgan fingerprint density at radius 1 is 1.20 bits per heavy atom. The zero-order valence-electron chi connectivity index (χ0n) is 21.4. The van der Waals surface area contributed by atoms with Crippen LogP contribution >= 0.6 is 0 Å². The minimum atomic E-state index is -0.802. The molecule has 3 amide bonds. The molecule has 0 spiro atoms. The molecule has 2 saturated heterocycles. The Bertz CT molecular complexity index is 1100. The van der Waals surface area contributed by atoms with Crippen LogP contribution in [0.15, 0.2) is 18.2 Å². The summed E-state index contributed by atoms with van der Waals surface area (Å²) in [5.41, 5.74) is 2.97. The monoisotopic (exact) mass is 482 g/mol. The summed E-state index contributed by atoms with van der Waals surface area (Å²) >= 11 is 0. The first-order valence-electron chi connectivity index (χ1n) is 12.7. The Labute approximate surface area is 207 Å². The number of aromatic nitrogens is 2. The number of likely N-dealkylation sites (N-methyl/N-ethyl adjacent to an activating group) is 1. The van der Waals surface area contributed by atoms with Crippen molar-refractivity contribution < 1.29 is 14.4 Å². The summed E-state index contributed by atoms with van der Waals surface area (Å²) in [7, 11) is 1.71. The van der Waals surface area contributed by atoms with Gasteiger partial charge in [-0.3, -0.25) is 14.4 Å². The van der Waals surface area contributed by atoms with Gasteiger partial charge in [0.15, 0.2) is 0 Å². The molecular weight excluding hydrogens is 444 g/mol. The number of carbonyl (C=O) groups excluding carboxylic acids is 3. The smallest absolute Gasteiger partial charge is 0.247 e. The number of aromatic amines is 1. The van der Waals surface area contributed by atoms with Gasteiger partial charge in [-0.05, 0) is 57.7 Å². The number of carbonyl (C=O) groups is 3. The molecule has 1 aromatic carbocycles. The van der Waals surface area contributed by atoms with Crippen LogP contribution in [0, 0.1) is 12.8 Å². The van der Waals surface area contributed by atoms with Crippen LogP contribution in [0.3, 0.4) is 0 Å². The molecule has 0 radical (unpaired) electrons. The molecule has 4 rings (SSSR count). The number of hydrogen-bond acceptors (Lipinski definition) is 5. The highest BCUT2D eigenvalue weighted by atomic mass is 16.2. The molecule has 35 heavy (non-hydrogen) atoms. The number of H-pyrrole nitrogens is 1. The summed E-state index contributed by atoms with van der Waals surface area (Å²) in [5.74, 6) is 0.643. The predicted molar refractivity (Wildman–Crippen MR) is 135 cm³/mol. The van der Waals surface area contributed by atoms with Gasteiger partial charge in [-0.15, -0.1) is 0 Å². The third kappa shape index (κ3) is 5.19. The number of para-hydroxylation sites is 1. The molecule has 190 valence electrons. The predicted octanol–water partition coefficient (Wildman–Crippen LogP) is 2.27. The van der Waals surface area contributed by atoms with E-state index in [-0.39, 0.29) is 42.3 Å². The number of aryl methyl sites for hydroxylation is 1. The Hall–Kier alpha value is -2.94. The van der Waals surface area contributed by atoms with Crippen LogP contribution in [0.4, 0.5) is 0 Å². The maximum absolute atomic E-state index is 14.0. The largest absolute Gasteiger partial charge is 0.341 e. The van der Waals surface area contributed by atoms with Crippen LogP contribution in [-0.2, 0) is 14.4 Å². The first-order valence-corrected chi connectivity index (χ1v) is 12.7. The van der Waals surface area contributed by atoms with Gasteiger partial charge in [0.1, 0.15) is 11.9 Å². The molecule has 2 aliphatic heterocycles. The topological polar surface area (TPSA) is 110 Å². The molecule has 1 aromatic heterocycles. The molecule has 2 aliphatic rings. The Balaban J connectivity index is 1.65. The van der Waals surface area contributed by atoms with E-state index in [2.05, 4.69) is 15.6 Å². The minimum Gasteiger partial charge on any atom is -0.341 e. The van der Waals surface area contributed by atoms with Crippen molar-refractivity contribution in [3.63, 3.8) is 0 Å². The Kier molecular flexibility index (Phi) is 7.44. The zero-order chi connectivity index (χ0) is 25.3. The van der Waals surface area contributed by atoms with Gasteiger partial charge in [0.05, 0.1) is 23.1 Å². The van der Waals surface area contributed by atoms with E-state index in [0.717, 1.165) is 41.7 Å². The highest BCUT2D eigenvalue weighted by molar-refractivity contribution is 5.91. The van der Waals surface area contributed by atoms with Gasteiger partial charge in [-0.25, -0.2) is 4.98 Å². The highest BCUT2D eigenvalue weighted by Crippen LogP contribution is 2.38. The van der Waals surface area contributed by atoms with Crippen LogP contribution in [0.5, 0.6) is 0 Å². The third-order valence-corrected chi connectivity index (χ3v) is 7.32. The number of amides is 3. The number of nitrogens with one attached hydrogen (secondary N) is 3. The molecule has 2 fully saturated rings. The van der Waals surface area contributed by atoms with E-state index in [4.69, 9.17) is 4.98 Å². The van der Waals surface area contributed by atoms with E-state index in [1.165, 1.54) is 0 Å². The summed E-state index contributed by atoms with van der Waals surface area (Å²) in [6, 6.07) is 4.59. The van der Waals surface area contributed by atoms with Crippen molar-refractivity contribution in [3.8, 4) is 0 Å². The van der Waals surface area contributed by atoms with Crippen molar-refractivity contribution in [2.45, 2.75) is 77.5 Å². The molecule has 0 aliphatic carbocycles. The molecule has 0 bridgehead atoms. The van der Waals surface area contributed by atoms with E-state index in [0.29, 0.717) is 13.0 Å². The Morgan fingerprint density at radius 3 is 2.66 bits per heavy atom. The standard InChI is InChI=1S/C26H38N6O3/c1-15(2)13-22(33)31-12-11-18-9-10-21(24-28-19-8-6-7-16(3)23(19)30-24)32(18)26(35)20(14-31)29-25(34)17(4)27-5/h6-8,15,17-18,20-21,27H,9-14H2,1-5H3,(H,28,30)(H,29,34)/t17-,18+,20-,21-/m0/s1. The lowest BCUT2D eigenvalue weighted by atomic mass is 10.0. The fourth-order valence-corrected chi connectivity index (χ4v) is 5.24. The second-order valence-corrected chi connectivity index (χ2v) is 10.4. The highest BCUT2D eigenvalue weighted by Gasteiger charge is 2.44. The normalized spacial score (nSPS) is 23.8. The van der Waals surface area contributed by atoms with Crippen molar-refractivity contribution >= 4 is 28.8 Å². The summed E-state index contributed by atoms with van der Waals surface area (Å²) in [4.78, 5) is 51.7. The number of benzene rings is 1. The number of rotatable bonds is 6. The summed E-state index contributed by atoms with van der Waals surface area (Å²) in [6.45, 7) is 8.56. The van der Waals surface area contributed by atoms with Gasteiger partial charge >= 0.3 is 0 Å². The van der Waals surface area contributed by atoms with E-state index < -0.39 is 12.1 Å². The van der Waals surface area contributed by atoms with Crippen LogP contribution in [0.1, 0.15) is 63.9 Å². The molecule has 4 atom stereocenters. The summed E-state index contributed by atoms with van der Waals surface area (Å²) < 4.78 is 0. The van der Waals surface area contributed by atoms with Crippen LogP contribution < -0.4 is 10.6 Å². The lowest BCUT2D eigenvalue weighted by molar-refractivity contribution is -0.144. The molecule has 3 heterocycles. The number of fused-ring (bicyclic) bond motifs is 2. The van der Waals surface area contributed by atoms with Gasteiger partial charge in [0.25, 0.3) is 0 Å². The third-order valence-electron chi connectivity index (χ3n) is 7.32. The van der Waals surface area contributed by atoms with Gasteiger partial charge in [-0.1, -0.05) is 26.0 Å². The fraction of sp³-hybridized carbons (Fsp3) is 0.615. The van der Waals surface area contributed by atoms with Gasteiger partial charge < -0.3 is 25.4 Å². The molecule has 9 nitrogen and oxygen atoms in total. The van der Waals surface area contributed by atoms with E-state index in [1.807, 2.05) is 43.9 Å². The molecular formula is C26H38N6O3. The maximum atomic E-state index is 14.0. The second-order valence-electron chi connectivity index (χ2n) is 10.4. The second kappa shape index (κ2) is 10.4. The maximum Gasteiger partial charge on any atom is 0.247 e. The number of imidazole rings is 1. The van der Waals surface area contributed by atoms with Gasteiger partial charge in [0, 0.05) is 25.6 Å². The van der Waals surface area contributed by atoms with Crippen molar-refractivity contribution in [1.29, 1.82) is 0 Å². The first-order chi connectivity index (χ1) is 16.7. The average Bonchev–Trinajstić information content (AvgIpc) is 3.43. The van der Waals surface area contributed by atoms with Gasteiger partial charge in [-0.2, -0.15) is 0 Å². The summed E-state index contributed by atoms with van der Waals surface area (Å²) in [6.07, 6.45) is 2.78. The first kappa shape index (κ1) is 25.2. The van der Waals surface area contributed by atoms with Crippen LogP contribution in [-0.4, -0.2) is 75.8 Å². The molecule has 2 aromatic rings.